The molecule has 1 aromatic heterocycles. The third kappa shape index (κ3) is 3.40. The van der Waals surface area contributed by atoms with Crippen LogP contribution in [0.15, 0.2) is 18.2 Å². The molecule has 3 fully saturated rings. The molecule has 2 N–H and O–H groups in total. The molecule has 3 saturated carbocycles. The van der Waals surface area contributed by atoms with Crippen LogP contribution in [0.2, 0.25) is 0 Å². The molecule has 7 nitrogen and oxygen atoms in total. The van der Waals surface area contributed by atoms with Gasteiger partial charge in [-0.3, -0.25) is 14.4 Å². The van der Waals surface area contributed by atoms with Gasteiger partial charge in [0.25, 0.3) is 17.6 Å². The zero-order chi connectivity index (χ0) is 22.5. The summed E-state index contributed by atoms with van der Waals surface area (Å²) in [5.74, 6) is -1.84. The van der Waals surface area contributed by atoms with E-state index in [2.05, 4.69) is 10.6 Å². The molecule has 0 radical (unpaired) electrons. The van der Waals surface area contributed by atoms with Gasteiger partial charge in [-0.25, -0.2) is 4.39 Å². The Labute approximate surface area is 179 Å². The average Bonchev–Trinajstić information content (AvgIpc) is 3.35. The number of fused-ring (bicyclic) bond motifs is 1. The van der Waals surface area contributed by atoms with Gasteiger partial charge in [-0.1, -0.05) is 0 Å². The van der Waals surface area contributed by atoms with Gasteiger partial charge in [0, 0.05) is 24.0 Å². The summed E-state index contributed by atoms with van der Waals surface area (Å²) in [6, 6.07) is 5.43. The molecule has 8 heteroatoms. The summed E-state index contributed by atoms with van der Waals surface area (Å²) in [6.07, 6.45) is 3.83. The Hall–Kier alpha value is -3.47. The second kappa shape index (κ2) is 7.34. The monoisotopic (exact) mass is 422 g/mol. The van der Waals surface area contributed by atoms with Crippen molar-refractivity contribution in [2.75, 3.05) is 5.32 Å². The normalized spacial score (nSPS) is 21.2. The van der Waals surface area contributed by atoms with Crippen molar-refractivity contribution in [1.29, 1.82) is 5.26 Å². The van der Waals surface area contributed by atoms with Crippen LogP contribution in [0.5, 0.6) is 0 Å². The van der Waals surface area contributed by atoms with Crippen LogP contribution < -0.4 is 10.6 Å². The predicted molar refractivity (Wildman–Crippen MR) is 111 cm³/mol. The number of ketones is 1. The molecular formula is C23H23FN4O3. The Morgan fingerprint density at radius 2 is 1.97 bits per heavy atom. The molecule has 3 aliphatic rings. The van der Waals surface area contributed by atoms with Crippen molar-refractivity contribution in [3.63, 3.8) is 0 Å². The van der Waals surface area contributed by atoms with Crippen LogP contribution in [0.3, 0.4) is 0 Å². The number of aromatic nitrogens is 1. The van der Waals surface area contributed by atoms with E-state index in [4.69, 9.17) is 5.26 Å². The predicted octanol–water partition coefficient (Wildman–Crippen LogP) is 3.15. The van der Waals surface area contributed by atoms with Gasteiger partial charge in [-0.15, -0.1) is 0 Å². The molecule has 2 amide bonds. The second-order valence-corrected chi connectivity index (χ2v) is 8.63. The molecule has 2 aromatic rings. The number of Topliss-reactive ketones (excluding diaryl/α,β-unsaturated/α-hetero) is 1. The molecule has 0 aliphatic heterocycles. The van der Waals surface area contributed by atoms with E-state index in [1.54, 1.807) is 31.5 Å². The molecule has 1 aromatic carbocycles. The van der Waals surface area contributed by atoms with E-state index < -0.39 is 23.4 Å². The highest BCUT2D eigenvalue weighted by atomic mass is 19.1. The quantitative estimate of drug-likeness (QED) is 0.571. The van der Waals surface area contributed by atoms with Crippen LogP contribution in [0.1, 0.15) is 63.4 Å². The Morgan fingerprint density at radius 1 is 1.26 bits per heavy atom. The Kier molecular flexibility index (Phi) is 4.92. The number of rotatable bonds is 5. The number of anilines is 1. The molecule has 0 spiro atoms. The maximum absolute atomic E-state index is 13.5. The van der Waals surface area contributed by atoms with E-state index in [0.717, 1.165) is 31.7 Å². The summed E-state index contributed by atoms with van der Waals surface area (Å²) in [6.45, 7) is 3.31. The molecular weight excluding hydrogens is 399 g/mol. The Morgan fingerprint density at radius 3 is 2.58 bits per heavy atom. The van der Waals surface area contributed by atoms with E-state index in [-0.39, 0.29) is 28.0 Å². The van der Waals surface area contributed by atoms with E-state index in [1.807, 2.05) is 0 Å². The number of nitriles is 1. The molecule has 2 bridgehead atoms. The van der Waals surface area contributed by atoms with Crippen molar-refractivity contribution >= 4 is 23.3 Å². The fraction of sp³-hybridized carbons (Fsp3) is 0.391. The summed E-state index contributed by atoms with van der Waals surface area (Å²) in [4.78, 5) is 38.6. The number of halogens is 1. The van der Waals surface area contributed by atoms with E-state index in [1.165, 1.54) is 12.1 Å². The van der Waals surface area contributed by atoms with Crippen LogP contribution in [-0.4, -0.2) is 27.7 Å². The van der Waals surface area contributed by atoms with E-state index in [9.17, 15) is 18.8 Å². The third-order valence-electron chi connectivity index (χ3n) is 6.69. The number of hydrogen-bond acceptors (Lipinski definition) is 4. The lowest BCUT2D eigenvalue weighted by Gasteiger charge is -2.38. The molecule has 0 atom stereocenters. The lowest BCUT2D eigenvalue weighted by Crippen LogP contribution is -2.53. The number of nitrogens with one attached hydrogen (secondary N) is 2. The van der Waals surface area contributed by atoms with Gasteiger partial charge in [0.2, 0.25) is 0 Å². The Bertz CT molecular complexity index is 1160. The lowest BCUT2D eigenvalue weighted by atomic mass is 9.77. The minimum absolute atomic E-state index is 0.169. The SMILES string of the molecule is Cc1c(C(=O)Nc2ccc(F)c(C#N)c2)c(C)n(C)c1C(=O)C(=O)NC12CCC(C1)C2. The maximum Gasteiger partial charge on any atom is 0.294 e. The number of amides is 2. The number of carbonyl (C=O) groups is 3. The molecule has 160 valence electrons. The Balaban J connectivity index is 1.58. The largest absolute Gasteiger partial charge is 0.344 e. The zero-order valence-electron chi connectivity index (χ0n) is 17.6. The maximum atomic E-state index is 13.5. The molecule has 1 heterocycles. The number of carbonyl (C=O) groups excluding carboxylic acids is 3. The standard InChI is InChI=1S/C23H23FN4O3/c1-12-18(21(30)26-16-4-5-17(24)15(8-16)11-25)13(2)28(3)19(12)20(29)22(31)27-23-7-6-14(9-23)10-23/h4-5,8,14H,6-7,9-10H2,1-3H3,(H,26,30)(H,27,31). The third-order valence-corrected chi connectivity index (χ3v) is 6.69. The van der Waals surface area contributed by atoms with Gasteiger partial charge in [0.15, 0.2) is 0 Å². The van der Waals surface area contributed by atoms with E-state index in [0.29, 0.717) is 17.2 Å². The van der Waals surface area contributed by atoms with Crippen LogP contribution in [0.25, 0.3) is 0 Å². The summed E-state index contributed by atoms with van der Waals surface area (Å²) in [5, 5.41) is 14.5. The number of hydrogen-bond donors (Lipinski definition) is 2. The van der Waals surface area contributed by atoms with Crippen molar-refractivity contribution in [2.24, 2.45) is 13.0 Å². The van der Waals surface area contributed by atoms with Gasteiger partial charge in [-0.2, -0.15) is 5.26 Å². The topological polar surface area (TPSA) is 104 Å². The first-order chi connectivity index (χ1) is 14.7. The van der Waals surface area contributed by atoms with Gasteiger partial charge in [0.1, 0.15) is 11.9 Å². The number of nitrogens with zero attached hydrogens (tertiary/aromatic N) is 2. The van der Waals surface area contributed by atoms with Gasteiger partial charge >= 0.3 is 0 Å². The van der Waals surface area contributed by atoms with E-state index >= 15 is 0 Å². The van der Waals surface area contributed by atoms with Crippen molar-refractivity contribution in [3.8, 4) is 6.07 Å². The van der Waals surface area contributed by atoms with Crippen LogP contribution in [-0.2, 0) is 11.8 Å². The summed E-state index contributed by atoms with van der Waals surface area (Å²) >= 11 is 0. The summed E-state index contributed by atoms with van der Waals surface area (Å²) in [7, 11) is 1.64. The van der Waals surface area contributed by atoms with Crippen LogP contribution >= 0.6 is 0 Å². The fourth-order valence-corrected chi connectivity index (χ4v) is 5.02. The average molecular weight is 422 g/mol. The highest BCUT2D eigenvalue weighted by Crippen LogP contribution is 2.51. The minimum Gasteiger partial charge on any atom is -0.344 e. The fourth-order valence-electron chi connectivity index (χ4n) is 5.02. The van der Waals surface area contributed by atoms with Crippen LogP contribution in [0.4, 0.5) is 10.1 Å². The molecule has 3 aliphatic carbocycles. The second-order valence-electron chi connectivity index (χ2n) is 8.63. The zero-order valence-corrected chi connectivity index (χ0v) is 17.6. The highest BCUT2D eigenvalue weighted by molar-refractivity contribution is 6.43. The van der Waals surface area contributed by atoms with Crippen molar-refractivity contribution in [3.05, 3.63) is 52.1 Å². The van der Waals surface area contributed by atoms with Gasteiger partial charge < -0.3 is 15.2 Å². The first-order valence-corrected chi connectivity index (χ1v) is 10.2. The highest BCUT2D eigenvalue weighted by Gasteiger charge is 2.51. The van der Waals surface area contributed by atoms with Crippen LogP contribution in [0, 0.1) is 36.9 Å². The molecule has 0 saturated heterocycles. The van der Waals surface area contributed by atoms with Gasteiger partial charge in [-0.05, 0) is 69.2 Å². The van der Waals surface area contributed by atoms with Gasteiger partial charge in [0.05, 0.1) is 16.8 Å². The minimum atomic E-state index is -0.675. The molecule has 5 rings (SSSR count). The summed E-state index contributed by atoms with van der Waals surface area (Å²) < 4.78 is 15.1. The molecule has 0 unspecified atom stereocenters. The molecule has 31 heavy (non-hydrogen) atoms. The smallest absolute Gasteiger partial charge is 0.294 e. The number of benzene rings is 1. The first kappa shape index (κ1) is 20.8. The summed E-state index contributed by atoms with van der Waals surface area (Å²) in [5.41, 5.74) is 1.19. The first-order valence-electron chi connectivity index (χ1n) is 10.2. The van der Waals surface area contributed by atoms with Crippen molar-refractivity contribution < 1.29 is 18.8 Å². The lowest BCUT2D eigenvalue weighted by molar-refractivity contribution is -0.119. The van der Waals surface area contributed by atoms with Crippen molar-refractivity contribution in [1.82, 2.24) is 9.88 Å². The van der Waals surface area contributed by atoms with Crippen molar-refractivity contribution in [2.45, 2.75) is 45.1 Å².